The third kappa shape index (κ3) is 3.22. The summed E-state index contributed by atoms with van der Waals surface area (Å²) in [6.07, 6.45) is 0. The van der Waals surface area contributed by atoms with E-state index in [9.17, 15) is 10.5 Å². The molecule has 0 fully saturated rings. The first kappa shape index (κ1) is 17.1. The van der Waals surface area contributed by atoms with Gasteiger partial charge in [0.15, 0.2) is 0 Å². The lowest BCUT2D eigenvalue weighted by Crippen LogP contribution is -1.92. The summed E-state index contributed by atoms with van der Waals surface area (Å²) in [4.78, 5) is 0. The lowest BCUT2D eigenvalue weighted by atomic mass is 9.90. The lowest BCUT2D eigenvalue weighted by Gasteiger charge is -2.13. The molecule has 0 unspecified atom stereocenters. The molecule has 0 heterocycles. The van der Waals surface area contributed by atoms with E-state index >= 15 is 0 Å². The molecule has 26 heavy (non-hydrogen) atoms. The van der Waals surface area contributed by atoms with E-state index in [1.54, 1.807) is 26.4 Å². The third-order valence-corrected chi connectivity index (χ3v) is 4.20. The molecule has 3 rings (SSSR count). The summed E-state index contributed by atoms with van der Waals surface area (Å²) in [5.41, 5.74) is 4.36. The van der Waals surface area contributed by atoms with Crippen LogP contribution in [0.5, 0.6) is 11.5 Å². The van der Waals surface area contributed by atoms with Crippen molar-refractivity contribution < 1.29 is 9.47 Å². The maximum atomic E-state index is 9.40. The molecule has 3 aromatic carbocycles. The quantitative estimate of drug-likeness (QED) is 0.685. The van der Waals surface area contributed by atoms with Crippen LogP contribution >= 0.6 is 0 Å². The first-order valence-electron chi connectivity index (χ1n) is 7.97. The monoisotopic (exact) mass is 340 g/mol. The number of hydrogen-bond donors (Lipinski definition) is 0. The van der Waals surface area contributed by atoms with Gasteiger partial charge in [-0.3, -0.25) is 0 Å². The highest BCUT2D eigenvalue weighted by molar-refractivity contribution is 5.86. The van der Waals surface area contributed by atoms with Crippen LogP contribution < -0.4 is 9.47 Å². The molecule has 4 nitrogen and oxygen atoms in total. The second kappa shape index (κ2) is 7.42. The van der Waals surface area contributed by atoms with Crippen molar-refractivity contribution in [3.63, 3.8) is 0 Å². The molecule has 0 saturated carbocycles. The van der Waals surface area contributed by atoms with Crippen LogP contribution in [0, 0.1) is 22.7 Å². The summed E-state index contributed by atoms with van der Waals surface area (Å²) in [5, 5.41) is 18.8. The van der Waals surface area contributed by atoms with Gasteiger partial charge in [-0.1, -0.05) is 24.3 Å². The van der Waals surface area contributed by atoms with Crippen LogP contribution in [0.15, 0.2) is 60.7 Å². The van der Waals surface area contributed by atoms with Gasteiger partial charge < -0.3 is 9.47 Å². The molecule has 0 atom stereocenters. The van der Waals surface area contributed by atoms with Crippen LogP contribution in [0.1, 0.15) is 11.1 Å². The van der Waals surface area contributed by atoms with Crippen molar-refractivity contribution in [1.82, 2.24) is 0 Å². The summed E-state index contributed by atoms with van der Waals surface area (Å²) in [6, 6.07) is 23.0. The van der Waals surface area contributed by atoms with Crippen LogP contribution in [-0.4, -0.2) is 14.2 Å². The minimum absolute atomic E-state index is 0.357. The van der Waals surface area contributed by atoms with E-state index in [-0.39, 0.29) is 0 Å². The van der Waals surface area contributed by atoms with Crippen LogP contribution in [0.3, 0.4) is 0 Å². The predicted molar refractivity (Wildman–Crippen MR) is 99.8 cm³/mol. The SMILES string of the molecule is COc1ccc(-c2cc(C#N)c(C#N)cc2-c2ccc(OC)cc2)cc1. The summed E-state index contributed by atoms with van der Waals surface area (Å²) < 4.78 is 10.4. The second-order valence-electron chi connectivity index (χ2n) is 5.62. The Kier molecular flexibility index (Phi) is 4.87. The summed E-state index contributed by atoms with van der Waals surface area (Å²) in [7, 11) is 3.24. The minimum Gasteiger partial charge on any atom is -0.497 e. The molecular weight excluding hydrogens is 324 g/mol. The fourth-order valence-corrected chi connectivity index (χ4v) is 2.80. The number of rotatable bonds is 4. The Labute approximate surface area is 152 Å². The fraction of sp³-hybridized carbons (Fsp3) is 0.0909. The van der Waals surface area contributed by atoms with E-state index in [4.69, 9.17) is 9.47 Å². The molecule has 0 aromatic heterocycles. The van der Waals surface area contributed by atoms with Gasteiger partial charge in [-0.15, -0.1) is 0 Å². The van der Waals surface area contributed by atoms with Crippen molar-refractivity contribution in [2.24, 2.45) is 0 Å². The van der Waals surface area contributed by atoms with Gasteiger partial charge in [-0.2, -0.15) is 10.5 Å². The van der Waals surface area contributed by atoms with Gasteiger partial charge in [0, 0.05) is 0 Å². The van der Waals surface area contributed by atoms with E-state index < -0.39 is 0 Å². The average Bonchev–Trinajstić information content (AvgIpc) is 2.73. The molecule has 0 saturated heterocycles. The van der Waals surface area contributed by atoms with Gasteiger partial charge in [-0.25, -0.2) is 0 Å². The zero-order valence-electron chi connectivity index (χ0n) is 14.5. The Morgan fingerprint density at radius 2 is 0.962 bits per heavy atom. The Bertz CT molecular complexity index is 924. The number of benzene rings is 3. The largest absolute Gasteiger partial charge is 0.497 e. The molecule has 4 heteroatoms. The van der Waals surface area contributed by atoms with Gasteiger partial charge in [0.2, 0.25) is 0 Å². The standard InChI is InChI=1S/C22H16N2O2/c1-25-19-7-3-15(4-8-19)21-11-17(13-23)18(14-24)12-22(21)16-5-9-20(26-2)10-6-16/h3-12H,1-2H3. The first-order valence-corrected chi connectivity index (χ1v) is 7.97. The van der Waals surface area contributed by atoms with E-state index in [2.05, 4.69) is 12.1 Å². The number of nitriles is 2. The van der Waals surface area contributed by atoms with Crippen molar-refractivity contribution in [2.75, 3.05) is 14.2 Å². The molecule has 126 valence electrons. The number of ether oxygens (including phenoxy) is 2. The van der Waals surface area contributed by atoms with Crippen molar-refractivity contribution >= 4 is 0 Å². The van der Waals surface area contributed by atoms with E-state index in [1.165, 1.54) is 0 Å². The van der Waals surface area contributed by atoms with Crippen molar-refractivity contribution in [2.45, 2.75) is 0 Å². The molecule has 3 aromatic rings. The van der Waals surface area contributed by atoms with Gasteiger partial charge in [0.05, 0.1) is 25.3 Å². The second-order valence-corrected chi connectivity index (χ2v) is 5.62. The lowest BCUT2D eigenvalue weighted by molar-refractivity contribution is 0.414. The number of nitrogens with zero attached hydrogens (tertiary/aromatic N) is 2. The van der Waals surface area contributed by atoms with E-state index in [1.807, 2.05) is 48.5 Å². The smallest absolute Gasteiger partial charge is 0.118 e. The maximum Gasteiger partial charge on any atom is 0.118 e. The van der Waals surface area contributed by atoms with Gasteiger partial charge in [0.1, 0.15) is 23.6 Å². The zero-order chi connectivity index (χ0) is 18.5. The van der Waals surface area contributed by atoms with Gasteiger partial charge >= 0.3 is 0 Å². The number of hydrogen-bond acceptors (Lipinski definition) is 4. The molecular formula is C22H16N2O2. The maximum absolute atomic E-state index is 9.40. The molecule has 0 N–H and O–H groups in total. The third-order valence-electron chi connectivity index (χ3n) is 4.20. The van der Waals surface area contributed by atoms with E-state index in [0.717, 1.165) is 33.8 Å². The molecule has 0 aliphatic carbocycles. The molecule has 0 amide bonds. The molecule has 0 aliphatic heterocycles. The summed E-state index contributed by atoms with van der Waals surface area (Å²) in [5.74, 6) is 1.52. The predicted octanol–water partition coefficient (Wildman–Crippen LogP) is 4.78. The topological polar surface area (TPSA) is 66.0 Å². The van der Waals surface area contributed by atoms with Gasteiger partial charge in [-0.05, 0) is 58.7 Å². The van der Waals surface area contributed by atoms with Crippen molar-refractivity contribution in [1.29, 1.82) is 10.5 Å². The van der Waals surface area contributed by atoms with Gasteiger partial charge in [0.25, 0.3) is 0 Å². The molecule has 0 spiro atoms. The highest BCUT2D eigenvalue weighted by atomic mass is 16.5. The number of methoxy groups -OCH3 is 2. The Morgan fingerprint density at radius 1 is 0.615 bits per heavy atom. The molecule has 0 aliphatic rings. The Morgan fingerprint density at radius 3 is 1.23 bits per heavy atom. The Balaban J connectivity index is 2.23. The van der Waals surface area contributed by atoms with Crippen molar-refractivity contribution in [3.8, 4) is 45.9 Å². The van der Waals surface area contributed by atoms with Crippen LogP contribution in [-0.2, 0) is 0 Å². The summed E-state index contributed by atoms with van der Waals surface area (Å²) >= 11 is 0. The van der Waals surface area contributed by atoms with Crippen LogP contribution in [0.4, 0.5) is 0 Å². The van der Waals surface area contributed by atoms with Crippen molar-refractivity contribution in [3.05, 3.63) is 71.8 Å². The zero-order valence-corrected chi connectivity index (χ0v) is 14.5. The minimum atomic E-state index is 0.357. The van der Waals surface area contributed by atoms with E-state index in [0.29, 0.717) is 11.1 Å². The first-order chi connectivity index (χ1) is 12.7. The fourth-order valence-electron chi connectivity index (χ4n) is 2.80. The van der Waals surface area contributed by atoms with Crippen LogP contribution in [0.25, 0.3) is 22.3 Å². The summed E-state index contributed by atoms with van der Waals surface area (Å²) in [6.45, 7) is 0. The highest BCUT2D eigenvalue weighted by Gasteiger charge is 2.13. The normalized spacial score (nSPS) is 9.85. The molecule has 0 radical (unpaired) electrons. The van der Waals surface area contributed by atoms with Crippen LogP contribution in [0.2, 0.25) is 0 Å². The Hall–Kier alpha value is -3.76. The molecule has 0 bridgehead atoms. The average molecular weight is 340 g/mol. The highest BCUT2D eigenvalue weighted by Crippen LogP contribution is 2.35.